The fourth-order valence-electron chi connectivity index (χ4n) is 1.55. The molecule has 2 rings (SSSR count). The molecule has 18 heavy (non-hydrogen) atoms. The molecule has 5 nitrogen and oxygen atoms in total. The molecule has 0 spiro atoms. The smallest absolute Gasteiger partial charge is 0.338 e. The van der Waals surface area contributed by atoms with Gasteiger partial charge in [0.2, 0.25) is 0 Å². The number of anilines is 1. The summed E-state index contributed by atoms with van der Waals surface area (Å²) in [7, 11) is 0. The molecule has 6 heteroatoms. The van der Waals surface area contributed by atoms with Crippen LogP contribution in [0.25, 0.3) is 0 Å². The average molecular weight is 249 g/mol. The van der Waals surface area contributed by atoms with Crippen molar-refractivity contribution in [2.24, 2.45) is 0 Å². The summed E-state index contributed by atoms with van der Waals surface area (Å²) in [6.07, 6.45) is 5.20. The molecule has 0 radical (unpaired) electrons. The summed E-state index contributed by atoms with van der Waals surface area (Å²) in [4.78, 5) is 14.5. The van der Waals surface area contributed by atoms with Crippen molar-refractivity contribution in [1.82, 2.24) is 9.55 Å². The van der Waals surface area contributed by atoms with Crippen LogP contribution in [0.2, 0.25) is 0 Å². The number of imidazole rings is 1. The molecule has 2 N–H and O–H groups in total. The lowest BCUT2D eigenvalue weighted by Gasteiger charge is -2.07. The van der Waals surface area contributed by atoms with Gasteiger partial charge in [-0.3, -0.25) is 0 Å². The first-order valence-electron chi connectivity index (χ1n) is 5.39. The maximum Gasteiger partial charge on any atom is 0.338 e. The third-order valence-electron chi connectivity index (χ3n) is 2.46. The molecule has 0 aliphatic rings. The summed E-state index contributed by atoms with van der Waals surface area (Å²) >= 11 is 0. The highest BCUT2D eigenvalue weighted by Crippen LogP contribution is 2.14. The fraction of sp³-hybridized carbons (Fsp3) is 0.167. The van der Waals surface area contributed by atoms with Crippen LogP contribution in [0.4, 0.5) is 10.1 Å². The van der Waals surface area contributed by atoms with E-state index in [2.05, 4.69) is 10.3 Å². The molecular formula is C12H12FN3O2. The van der Waals surface area contributed by atoms with E-state index in [9.17, 15) is 9.18 Å². The quantitative estimate of drug-likeness (QED) is 0.848. The number of carbonyl (C=O) groups is 1. The lowest BCUT2D eigenvalue weighted by molar-refractivity contribution is 0.0692. The predicted molar refractivity (Wildman–Crippen MR) is 64.1 cm³/mol. The Labute approximate surface area is 103 Å². The van der Waals surface area contributed by atoms with Crippen molar-refractivity contribution in [3.8, 4) is 0 Å². The number of hydrogen-bond donors (Lipinski definition) is 2. The van der Waals surface area contributed by atoms with Gasteiger partial charge in [0, 0.05) is 31.2 Å². The first-order valence-corrected chi connectivity index (χ1v) is 5.39. The van der Waals surface area contributed by atoms with Crippen molar-refractivity contribution in [2.45, 2.75) is 6.54 Å². The van der Waals surface area contributed by atoms with Crippen LogP contribution in [-0.2, 0) is 6.54 Å². The van der Waals surface area contributed by atoms with Crippen LogP contribution in [0, 0.1) is 5.82 Å². The Hall–Kier alpha value is -2.37. The molecule has 0 atom stereocenters. The number of hydrogen-bond acceptors (Lipinski definition) is 3. The number of nitrogens with zero attached hydrogens (tertiary/aromatic N) is 2. The highest BCUT2D eigenvalue weighted by molar-refractivity contribution is 5.88. The minimum Gasteiger partial charge on any atom is -0.478 e. The van der Waals surface area contributed by atoms with Gasteiger partial charge in [-0.15, -0.1) is 0 Å². The molecule has 0 amide bonds. The number of carboxylic acid groups (broad SMARTS) is 1. The summed E-state index contributed by atoms with van der Waals surface area (Å²) in [5, 5.41) is 11.7. The fourth-order valence-corrected chi connectivity index (χ4v) is 1.55. The molecule has 1 aromatic heterocycles. The van der Waals surface area contributed by atoms with E-state index in [1.807, 2.05) is 10.8 Å². The minimum atomic E-state index is -1.27. The van der Waals surface area contributed by atoms with Crippen molar-refractivity contribution in [3.05, 3.63) is 48.3 Å². The zero-order valence-electron chi connectivity index (χ0n) is 9.51. The van der Waals surface area contributed by atoms with Crippen molar-refractivity contribution in [3.63, 3.8) is 0 Å². The summed E-state index contributed by atoms with van der Waals surface area (Å²) in [6.45, 7) is 1.30. The molecule has 0 unspecified atom stereocenters. The van der Waals surface area contributed by atoms with Crippen LogP contribution in [0.1, 0.15) is 10.4 Å². The van der Waals surface area contributed by atoms with Crippen LogP contribution < -0.4 is 5.32 Å². The monoisotopic (exact) mass is 249 g/mol. The van der Waals surface area contributed by atoms with E-state index >= 15 is 0 Å². The van der Waals surface area contributed by atoms with E-state index in [1.165, 1.54) is 12.1 Å². The molecular weight excluding hydrogens is 237 g/mol. The second kappa shape index (κ2) is 5.31. The number of nitrogens with one attached hydrogen (secondary N) is 1. The Balaban J connectivity index is 1.94. The second-order valence-electron chi connectivity index (χ2n) is 3.73. The number of rotatable bonds is 5. The van der Waals surface area contributed by atoms with Crippen molar-refractivity contribution >= 4 is 11.7 Å². The Kier molecular flexibility index (Phi) is 3.57. The van der Waals surface area contributed by atoms with Crippen LogP contribution >= 0.6 is 0 Å². The van der Waals surface area contributed by atoms with Crippen molar-refractivity contribution in [2.75, 3.05) is 11.9 Å². The van der Waals surface area contributed by atoms with Gasteiger partial charge in [0.15, 0.2) is 0 Å². The molecule has 2 aromatic rings. The molecule has 0 aliphatic heterocycles. The van der Waals surface area contributed by atoms with Crippen LogP contribution in [0.15, 0.2) is 36.9 Å². The first kappa shape index (κ1) is 12.1. The van der Waals surface area contributed by atoms with Gasteiger partial charge in [-0.2, -0.15) is 0 Å². The lowest BCUT2D eigenvalue weighted by Crippen LogP contribution is -2.10. The Morgan fingerprint density at radius 2 is 2.33 bits per heavy atom. The molecule has 1 heterocycles. The number of aromatic carboxylic acids is 1. The van der Waals surface area contributed by atoms with Crippen LogP contribution in [0.5, 0.6) is 0 Å². The first-order chi connectivity index (χ1) is 8.66. The van der Waals surface area contributed by atoms with Gasteiger partial charge in [0.05, 0.1) is 11.9 Å². The summed E-state index contributed by atoms with van der Waals surface area (Å²) in [5.74, 6) is -2.01. The van der Waals surface area contributed by atoms with Gasteiger partial charge >= 0.3 is 5.97 Å². The topological polar surface area (TPSA) is 67.2 Å². The van der Waals surface area contributed by atoms with Gasteiger partial charge in [-0.25, -0.2) is 14.2 Å². The Bertz CT molecular complexity index is 540. The van der Waals surface area contributed by atoms with E-state index in [0.29, 0.717) is 18.8 Å². The van der Waals surface area contributed by atoms with Gasteiger partial charge in [-0.05, 0) is 18.2 Å². The Morgan fingerprint density at radius 3 is 2.94 bits per heavy atom. The molecule has 0 saturated carbocycles. The maximum atomic E-state index is 13.4. The molecule has 0 bridgehead atoms. The van der Waals surface area contributed by atoms with E-state index in [0.717, 1.165) is 0 Å². The standard InChI is InChI=1S/C12H12FN3O2/c13-11-7-9(1-2-10(11)12(17)18)15-4-6-16-5-3-14-8-16/h1-3,5,7-8,15H,4,6H2,(H,17,18). The maximum absolute atomic E-state index is 13.4. The number of carboxylic acids is 1. The van der Waals surface area contributed by atoms with E-state index in [4.69, 9.17) is 5.11 Å². The number of aromatic nitrogens is 2. The second-order valence-corrected chi connectivity index (χ2v) is 3.73. The van der Waals surface area contributed by atoms with Crippen LogP contribution in [0.3, 0.4) is 0 Å². The third kappa shape index (κ3) is 2.85. The predicted octanol–water partition coefficient (Wildman–Crippen LogP) is 1.83. The van der Waals surface area contributed by atoms with E-state index in [-0.39, 0.29) is 5.56 Å². The summed E-state index contributed by atoms with van der Waals surface area (Å²) in [5.41, 5.74) is 0.229. The molecule has 1 aromatic carbocycles. The average Bonchev–Trinajstić information content (AvgIpc) is 2.81. The number of halogens is 1. The Morgan fingerprint density at radius 1 is 1.50 bits per heavy atom. The highest BCUT2D eigenvalue weighted by Gasteiger charge is 2.09. The van der Waals surface area contributed by atoms with Gasteiger partial charge in [0.1, 0.15) is 5.82 Å². The van der Waals surface area contributed by atoms with Gasteiger partial charge < -0.3 is 15.0 Å². The normalized spacial score (nSPS) is 10.3. The third-order valence-corrected chi connectivity index (χ3v) is 2.46. The zero-order valence-corrected chi connectivity index (χ0v) is 9.51. The highest BCUT2D eigenvalue weighted by atomic mass is 19.1. The van der Waals surface area contributed by atoms with Crippen LogP contribution in [-0.4, -0.2) is 27.2 Å². The summed E-state index contributed by atoms with van der Waals surface area (Å²) in [6, 6.07) is 3.97. The molecule has 0 aliphatic carbocycles. The largest absolute Gasteiger partial charge is 0.478 e. The molecule has 94 valence electrons. The van der Waals surface area contributed by atoms with Crippen molar-refractivity contribution in [1.29, 1.82) is 0 Å². The molecule has 0 saturated heterocycles. The molecule has 0 fully saturated rings. The number of benzene rings is 1. The van der Waals surface area contributed by atoms with E-state index in [1.54, 1.807) is 18.6 Å². The lowest BCUT2D eigenvalue weighted by atomic mass is 10.2. The van der Waals surface area contributed by atoms with E-state index < -0.39 is 11.8 Å². The summed E-state index contributed by atoms with van der Waals surface area (Å²) < 4.78 is 15.2. The SMILES string of the molecule is O=C(O)c1ccc(NCCn2ccnc2)cc1F. The van der Waals surface area contributed by atoms with Gasteiger partial charge in [-0.1, -0.05) is 0 Å². The zero-order chi connectivity index (χ0) is 13.0. The van der Waals surface area contributed by atoms with Gasteiger partial charge in [0.25, 0.3) is 0 Å². The van der Waals surface area contributed by atoms with Crippen molar-refractivity contribution < 1.29 is 14.3 Å². The minimum absolute atomic E-state index is 0.324.